The first kappa shape index (κ1) is 12.6. The minimum absolute atomic E-state index is 0.0416. The number of nitrogens with zero attached hydrogens (tertiary/aromatic N) is 4. The Labute approximate surface area is 125 Å². The molecular weight excluding hydrogens is 288 g/mol. The van der Waals surface area contributed by atoms with Gasteiger partial charge in [0.25, 0.3) is 0 Å². The normalized spacial score (nSPS) is 17.4. The number of rotatable bonds is 3. The zero-order valence-electron chi connectivity index (χ0n) is 11.2. The van der Waals surface area contributed by atoms with Gasteiger partial charge in [-0.3, -0.25) is 4.79 Å². The van der Waals surface area contributed by atoms with E-state index < -0.39 is 0 Å². The van der Waals surface area contributed by atoms with E-state index in [0.29, 0.717) is 18.2 Å². The number of carbonyl (C=O) groups is 1. The molecule has 0 bridgehead atoms. The van der Waals surface area contributed by atoms with Crippen LogP contribution < -0.4 is 11.1 Å². The lowest BCUT2D eigenvalue weighted by Gasteiger charge is -2.18. The van der Waals surface area contributed by atoms with Gasteiger partial charge in [-0.1, -0.05) is 0 Å². The van der Waals surface area contributed by atoms with Crippen molar-refractivity contribution in [3.63, 3.8) is 0 Å². The van der Waals surface area contributed by atoms with Gasteiger partial charge in [-0.15, -0.1) is 5.10 Å². The Bertz CT molecular complexity index is 723. The van der Waals surface area contributed by atoms with Crippen molar-refractivity contribution in [2.75, 3.05) is 11.1 Å². The molecule has 0 unspecified atom stereocenters. The first-order valence-electron chi connectivity index (χ1n) is 6.88. The van der Waals surface area contributed by atoms with Crippen molar-refractivity contribution >= 4 is 29.0 Å². The maximum atomic E-state index is 11.4. The molecule has 3 N–H and O–H groups in total. The van der Waals surface area contributed by atoms with E-state index in [9.17, 15) is 4.79 Å². The lowest BCUT2D eigenvalue weighted by atomic mass is 10.0. The number of nitrogen functional groups attached to an aromatic ring is 1. The number of hydrogen-bond acceptors (Lipinski definition) is 6. The maximum Gasteiger partial charge on any atom is 0.224 e. The third-order valence-electron chi connectivity index (χ3n) is 3.69. The number of amides is 1. The molecule has 1 fully saturated rings. The molecule has 1 aromatic heterocycles. The third-order valence-corrected chi connectivity index (χ3v) is 4.71. The first-order valence-corrected chi connectivity index (χ1v) is 7.70. The first-order chi connectivity index (χ1) is 10.2. The van der Waals surface area contributed by atoms with Gasteiger partial charge in [-0.25, -0.2) is 4.68 Å². The van der Waals surface area contributed by atoms with Crippen LogP contribution in [-0.2, 0) is 11.2 Å². The van der Waals surface area contributed by atoms with Crippen LogP contribution in [-0.4, -0.2) is 26.1 Å². The summed E-state index contributed by atoms with van der Waals surface area (Å²) < 4.78 is 1.87. The zero-order chi connectivity index (χ0) is 14.4. The fourth-order valence-electron chi connectivity index (χ4n) is 2.41. The minimum Gasteiger partial charge on any atom is -0.398 e. The van der Waals surface area contributed by atoms with E-state index in [1.165, 1.54) is 11.8 Å². The van der Waals surface area contributed by atoms with Gasteiger partial charge in [0.15, 0.2) is 0 Å². The monoisotopic (exact) mass is 302 g/mol. The van der Waals surface area contributed by atoms with Gasteiger partial charge < -0.3 is 11.1 Å². The van der Waals surface area contributed by atoms with Crippen LogP contribution in [0.1, 0.15) is 30.9 Å². The summed E-state index contributed by atoms with van der Waals surface area (Å²) in [7, 11) is 0. The Morgan fingerprint density at radius 2 is 2.19 bits per heavy atom. The highest BCUT2D eigenvalue weighted by molar-refractivity contribution is 7.99. The quantitative estimate of drug-likeness (QED) is 0.836. The topological polar surface area (TPSA) is 98.7 Å². The van der Waals surface area contributed by atoms with Crippen molar-refractivity contribution in [3.8, 4) is 0 Å². The summed E-state index contributed by atoms with van der Waals surface area (Å²) in [5, 5.41) is 15.5. The highest BCUT2D eigenvalue weighted by atomic mass is 32.2. The second-order valence-electron chi connectivity index (χ2n) is 5.33. The van der Waals surface area contributed by atoms with Crippen molar-refractivity contribution in [2.24, 2.45) is 0 Å². The van der Waals surface area contributed by atoms with E-state index in [1.54, 1.807) is 0 Å². The molecule has 1 amide bonds. The van der Waals surface area contributed by atoms with Gasteiger partial charge >= 0.3 is 0 Å². The molecular formula is C13H14N6OS. The van der Waals surface area contributed by atoms with Crippen LogP contribution in [0.2, 0.25) is 0 Å². The molecule has 2 aromatic rings. The number of benzene rings is 1. The van der Waals surface area contributed by atoms with Crippen LogP contribution in [0, 0.1) is 0 Å². The van der Waals surface area contributed by atoms with Crippen LogP contribution in [0.25, 0.3) is 0 Å². The van der Waals surface area contributed by atoms with E-state index in [2.05, 4.69) is 20.8 Å². The Hall–Kier alpha value is -2.09. The Kier molecular flexibility index (Phi) is 2.85. The molecule has 1 aliphatic carbocycles. The minimum atomic E-state index is 0.0416. The number of hydrogen-bond donors (Lipinski definition) is 2. The molecule has 0 spiro atoms. The summed E-state index contributed by atoms with van der Waals surface area (Å²) in [5.74, 6) is 0.0416. The highest BCUT2D eigenvalue weighted by Gasteiger charge is 2.28. The molecule has 1 aliphatic heterocycles. The third kappa shape index (κ3) is 2.35. The number of nitrogens with two attached hydrogens (primary N) is 1. The maximum absolute atomic E-state index is 11.4. The number of aryl methyl sites for hydroxylation is 1. The second-order valence-corrected chi connectivity index (χ2v) is 6.34. The number of aromatic nitrogens is 4. The van der Waals surface area contributed by atoms with Crippen molar-refractivity contribution in [1.82, 2.24) is 20.2 Å². The van der Waals surface area contributed by atoms with Crippen LogP contribution >= 0.6 is 11.8 Å². The van der Waals surface area contributed by atoms with Gasteiger partial charge in [0.05, 0.1) is 6.04 Å². The fraction of sp³-hybridized carbons (Fsp3) is 0.385. The van der Waals surface area contributed by atoms with E-state index in [0.717, 1.165) is 40.6 Å². The fourth-order valence-corrected chi connectivity index (χ4v) is 3.34. The van der Waals surface area contributed by atoms with Gasteiger partial charge in [-0.2, -0.15) is 0 Å². The molecule has 1 aromatic carbocycles. The van der Waals surface area contributed by atoms with E-state index in [-0.39, 0.29) is 5.91 Å². The van der Waals surface area contributed by atoms with E-state index in [1.807, 2.05) is 16.8 Å². The Balaban J connectivity index is 1.66. The Morgan fingerprint density at radius 3 is 3.00 bits per heavy atom. The van der Waals surface area contributed by atoms with Crippen molar-refractivity contribution in [1.29, 1.82) is 0 Å². The largest absolute Gasteiger partial charge is 0.398 e. The van der Waals surface area contributed by atoms with Gasteiger partial charge in [0, 0.05) is 22.7 Å². The highest BCUT2D eigenvalue weighted by Crippen LogP contribution is 2.40. The smallest absolute Gasteiger partial charge is 0.224 e. The molecule has 0 radical (unpaired) electrons. The van der Waals surface area contributed by atoms with E-state index >= 15 is 0 Å². The molecule has 0 saturated heterocycles. The lowest BCUT2D eigenvalue weighted by molar-refractivity contribution is -0.116. The average molecular weight is 302 g/mol. The Morgan fingerprint density at radius 1 is 1.33 bits per heavy atom. The van der Waals surface area contributed by atoms with Crippen LogP contribution in [0.5, 0.6) is 0 Å². The number of tetrazole rings is 1. The summed E-state index contributed by atoms with van der Waals surface area (Å²) >= 11 is 1.48. The molecule has 2 heterocycles. The molecule has 1 saturated carbocycles. The predicted octanol–water partition coefficient (Wildman–Crippen LogP) is 1.63. The SMILES string of the molecule is Nc1cc2c(cc1Sc1nnnn1C1CC1)CCC(=O)N2. The van der Waals surface area contributed by atoms with Gasteiger partial charge in [-0.05, 0) is 59.1 Å². The molecule has 7 nitrogen and oxygen atoms in total. The molecule has 8 heteroatoms. The molecule has 21 heavy (non-hydrogen) atoms. The van der Waals surface area contributed by atoms with Gasteiger partial charge in [0.2, 0.25) is 11.1 Å². The summed E-state index contributed by atoms with van der Waals surface area (Å²) in [5.41, 5.74) is 8.65. The van der Waals surface area contributed by atoms with Crippen molar-refractivity contribution in [2.45, 2.75) is 41.8 Å². The number of nitrogens with one attached hydrogen (secondary N) is 1. The number of carbonyl (C=O) groups excluding carboxylic acids is 1. The second kappa shape index (κ2) is 4.73. The number of fused-ring (bicyclic) bond motifs is 1. The van der Waals surface area contributed by atoms with Gasteiger partial charge in [0.1, 0.15) is 0 Å². The number of anilines is 2. The summed E-state index contributed by atoms with van der Waals surface area (Å²) in [6, 6.07) is 4.28. The molecule has 2 aliphatic rings. The molecule has 108 valence electrons. The summed E-state index contributed by atoms with van der Waals surface area (Å²) in [6.07, 6.45) is 3.51. The van der Waals surface area contributed by atoms with Crippen LogP contribution in [0.15, 0.2) is 22.2 Å². The lowest BCUT2D eigenvalue weighted by Crippen LogP contribution is -2.19. The predicted molar refractivity (Wildman–Crippen MR) is 78.0 cm³/mol. The van der Waals surface area contributed by atoms with Crippen molar-refractivity contribution in [3.05, 3.63) is 17.7 Å². The summed E-state index contributed by atoms with van der Waals surface area (Å²) in [4.78, 5) is 12.3. The summed E-state index contributed by atoms with van der Waals surface area (Å²) in [6.45, 7) is 0. The van der Waals surface area contributed by atoms with Crippen molar-refractivity contribution < 1.29 is 4.79 Å². The standard InChI is InChI=1S/C13H14N6OS/c14-9-6-10-7(1-4-12(20)15-10)5-11(9)21-13-16-17-18-19(13)8-2-3-8/h5-6,8H,1-4,14H2,(H,15,20). The average Bonchev–Trinajstić information content (AvgIpc) is 3.20. The molecule has 0 atom stereocenters. The molecule has 4 rings (SSSR count). The van der Waals surface area contributed by atoms with E-state index in [4.69, 9.17) is 5.73 Å². The van der Waals surface area contributed by atoms with Crippen LogP contribution in [0.4, 0.5) is 11.4 Å². The van der Waals surface area contributed by atoms with Crippen LogP contribution in [0.3, 0.4) is 0 Å². The zero-order valence-corrected chi connectivity index (χ0v) is 12.1.